The van der Waals surface area contributed by atoms with Crippen LogP contribution in [0.2, 0.25) is 0 Å². The molecule has 0 amide bonds. The van der Waals surface area contributed by atoms with E-state index in [1.807, 2.05) is 13.8 Å². The van der Waals surface area contributed by atoms with E-state index in [2.05, 4.69) is 0 Å². The van der Waals surface area contributed by atoms with Crippen LogP contribution in [0.4, 0.5) is 0 Å². The molecule has 2 atom stereocenters. The molecule has 1 aromatic heterocycles. The summed E-state index contributed by atoms with van der Waals surface area (Å²) in [6, 6.07) is 6.43. The van der Waals surface area contributed by atoms with Crippen molar-refractivity contribution in [1.29, 1.82) is 0 Å². The van der Waals surface area contributed by atoms with Crippen molar-refractivity contribution in [2.45, 2.75) is 51.9 Å². The van der Waals surface area contributed by atoms with Gasteiger partial charge in [0, 0.05) is 17.9 Å². The molecule has 0 radical (unpaired) electrons. The minimum atomic E-state index is -1.08. The summed E-state index contributed by atoms with van der Waals surface area (Å²) in [6.45, 7) is 7.26. The Balaban J connectivity index is 1.93. The van der Waals surface area contributed by atoms with E-state index in [1.54, 1.807) is 32.0 Å². The normalized spacial score (nSPS) is 19.8. The molecule has 134 valence electrons. The summed E-state index contributed by atoms with van der Waals surface area (Å²) in [7, 11) is 0. The molecule has 1 aromatic carbocycles. The average Bonchev–Trinajstić information content (AvgIpc) is 2.84. The Morgan fingerprint density at radius 2 is 1.96 bits per heavy atom. The number of ether oxygens (including phenoxy) is 2. The molecule has 1 N–H and O–H groups in total. The zero-order valence-corrected chi connectivity index (χ0v) is 14.7. The van der Waals surface area contributed by atoms with E-state index in [0.29, 0.717) is 22.3 Å². The molecule has 0 spiro atoms. The maximum Gasteiger partial charge on any atom is 0.336 e. The topological polar surface area (TPSA) is 86.0 Å². The Hall–Kier alpha value is -2.34. The SMILES string of the molecule is CC(C)CC(=O)OC(C)(C)C1Oc2ccc3ccc(=O)oc3c2C1O. The van der Waals surface area contributed by atoms with Crippen LogP contribution in [0.1, 0.15) is 45.8 Å². The first-order valence-corrected chi connectivity index (χ1v) is 8.32. The highest BCUT2D eigenvalue weighted by Crippen LogP contribution is 2.45. The van der Waals surface area contributed by atoms with Crippen LogP contribution >= 0.6 is 0 Å². The second-order valence-electron chi connectivity index (χ2n) is 7.31. The van der Waals surface area contributed by atoms with Gasteiger partial charge in [-0.2, -0.15) is 0 Å². The molecule has 6 heteroatoms. The molecule has 0 aliphatic carbocycles. The molecular weight excluding hydrogens is 324 g/mol. The Morgan fingerprint density at radius 3 is 2.64 bits per heavy atom. The van der Waals surface area contributed by atoms with Crippen LogP contribution in [0.5, 0.6) is 5.75 Å². The van der Waals surface area contributed by atoms with Crippen molar-refractivity contribution in [2.75, 3.05) is 0 Å². The van der Waals surface area contributed by atoms with Crippen LogP contribution in [0.3, 0.4) is 0 Å². The van der Waals surface area contributed by atoms with Crippen molar-refractivity contribution < 1.29 is 23.8 Å². The van der Waals surface area contributed by atoms with Gasteiger partial charge in [0.2, 0.25) is 0 Å². The molecule has 2 unspecified atom stereocenters. The average molecular weight is 346 g/mol. The summed E-state index contributed by atoms with van der Waals surface area (Å²) in [4.78, 5) is 23.6. The first-order valence-electron chi connectivity index (χ1n) is 8.32. The maximum atomic E-state index is 12.0. The van der Waals surface area contributed by atoms with Gasteiger partial charge in [0.15, 0.2) is 6.10 Å². The van der Waals surface area contributed by atoms with Crippen molar-refractivity contribution in [1.82, 2.24) is 0 Å². The van der Waals surface area contributed by atoms with Crippen molar-refractivity contribution in [3.8, 4) is 5.75 Å². The third kappa shape index (κ3) is 3.26. The van der Waals surface area contributed by atoms with Gasteiger partial charge in [0.1, 0.15) is 23.0 Å². The Bertz CT molecular complexity index is 864. The van der Waals surface area contributed by atoms with E-state index >= 15 is 0 Å². The Kier molecular flexibility index (Phi) is 4.33. The highest BCUT2D eigenvalue weighted by Gasteiger charge is 2.47. The molecule has 2 aromatic rings. The number of aliphatic hydroxyl groups excluding tert-OH is 1. The lowest BCUT2D eigenvalue weighted by Gasteiger charge is -2.32. The van der Waals surface area contributed by atoms with Gasteiger partial charge >= 0.3 is 11.6 Å². The molecule has 0 saturated carbocycles. The molecule has 6 nitrogen and oxygen atoms in total. The molecular formula is C19H22O6. The van der Waals surface area contributed by atoms with E-state index in [9.17, 15) is 14.7 Å². The van der Waals surface area contributed by atoms with Gasteiger partial charge in [-0.3, -0.25) is 4.79 Å². The van der Waals surface area contributed by atoms with Crippen LogP contribution in [0.25, 0.3) is 11.0 Å². The number of aliphatic hydroxyl groups is 1. The van der Waals surface area contributed by atoms with Crippen molar-refractivity contribution in [3.05, 3.63) is 40.2 Å². The molecule has 1 aliphatic rings. The summed E-state index contributed by atoms with van der Waals surface area (Å²) in [5.74, 6) is 0.253. The first-order chi connectivity index (χ1) is 11.7. The van der Waals surface area contributed by atoms with E-state index in [0.717, 1.165) is 0 Å². The first kappa shape index (κ1) is 17.5. The van der Waals surface area contributed by atoms with Crippen LogP contribution in [-0.2, 0) is 9.53 Å². The van der Waals surface area contributed by atoms with Gasteiger partial charge in [-0.15, -0.1) is 0 Å². The summed E-state index contributed by atoms with van der Waals surface area (Å²) >= 11 is 0. The second kappa shape index (κ2) is 6.19. The third-order valence-electron chi connectivity index (χ3n) is 4.26. The Labute approximate surface area is 145 Å². The Morgan fingerprint density at radius 1 is 1.28 bits per heavy atom. The largest absolute Gasteiger partial charge is 0.483 e. The van der Waals surface area contributed by atoms with Gasteiger partial charge in [-0.1, -0.05) is 13.8 Å². The number of hydrogen-bond donors (Lipinski definition) is 1. The molecule has 0 bridgehead atoms. The standard InChI is InChI=1S/C19H22O6/c1-10(2)9-14(21)25-19(3,4)18-16(22)15-12(23-18)7-5-11-6-8-13(20)24-17(11)15/h5-8,10,16,18,22H,9H2,1-4H3. The van der Waals surface area contributed by atoms with Gasteiger partial charge < -0.3 is 19.0 Å². The summed E-state index contributed by atoms with van der Waals surface area (Å²) < 4.78 is 16.7. The number of carbonyl (C=O) groups is 1. The number of rotatable bonds is 4. The molecule has 25 heavy (non-hydrogen) atoms. The fourth-order valence-corrected chi connectivity index (χ4v) is 3.12. The fourth-order valence-electron chi connectivity index (χ4n) is 3.12. The molecule has 0 saturated heterocycles. The summed E-state index contributed by atoms with van der Waals surface area (Å²) in [5.41, 5.74) is -0.845. The predicted octanol–water partition coefficient (Wildman–Crippen LogP) is 2.96. The van der Waals surface area contributed by atoms with E-state index in [1.165, 1.54) is 6.07 Å². The monoisotopic (exact) mass is 346 g/mol. The van der Waals surface area contributed by atoms with Gasteiger partial charge in [0.25, 0.3) is 0 Å². The lowest BCUT2D eigenvalue weighted by molar-refractivity contribution is -0.171. The highest BCUT2D eigenvalue weighted by molar-refractivity contribution is 5.83. The zero-order valence-electron chi connectivity index (χ0n) is 14.7. The number of fused-ring (bicyclic) bond motifs is 3. The number of benzene rings is 1. The van der Waals surface area contributed by atoms with Crippen LogP contribution in [-0.4, -0.2) is 22.8 Å². The van der Waals surface area contributed by atoms with Gasteiger partial charge in [0.05, 0.1) is 5.56 Å². The third-order valence-corrected chi connectivity index (χ3v) is 4.26. The minimum absolute atomic E-state index is 0.174. The lowest BCUT2D eigenvalue weighted by atomic mass is 9.93. The van der Waals surface area contributed by atoms with Crippen molar-refractivity contribution in [2.24, 2.45) is 5.92 Å². The van der Waals surface area contributed by atoms with Gasteiger partial charge in [-0.25, -0.2) is 4.79 Å². The van der Waals surface area contributed by atoms with Crippen LogP contribution in [0.15, 0.2) is 33.5 Å². The number of hydrogen-bond acceptors (Lipinski definition) is 6. The molecule has 3 rings (SSSR count). The quantitative estimate of drug-likeness (QED) is 0.677. The molecule has 0 fully saturated rings. The highest BCUT2D eigenvalue weighted by atomic mass is 16.6. The fraction of sp³-hybridized carbons (Fsp3) is 0.474. The summed E-state index contributed by atoms with van der Waals surface area (Å²) in [6.07, 6.45) is -1.59. The van der Waals surface area contributed by atoms with Crippen LogP contribution in [0, 0.1) is 5.92 Å². The lowest BCUT2D eigenvalue weighted by Crippen LogP contribution is -2.45. The van der Waals surface area contributed by atoms with Crippen molar-refractivity contribution >= 4 is 16.9 Å². The van der Waals surface area contributed by atoms with Crippen LogP contribution < -0.4 is 10.4 Å². The summed E-state index contributed by atoms with van der Waals surface area (Å²) in [5, 5.41) is 11.5. The van der Waals surface area contributed by atoms with Crippen molar-refractivity contribution in [3.63, 3.8) is 0 Å². The second-order valence-corrected chi connectivity index (χ2v) is 7.31. The zero-order chi connectivity index (χ0) is 18.4. The maximum absolute atomic E-state index is 12.0. The molecule has 2 heterocycles. The predicted molar refractivity (Wildman–Crippen MR) is 91.5 cm³/mol. The molecule has 1 aliphatic heterocycles. The van der Waals surface area contributed by atoms with E-state index in [-0.39, 0.29) is 18.3 Å². The minimum Gasteiger partial charge on any atom is -0.483 e. The smallest absolute Gasteiger partial charge is 0.336 e. The number of carbonyl (C=O) groups excluding carboxylic acids is 1. The van der Waals surface area contributed by atoms with E-state index < -0.39 is 23.4 Å². The van der Waals surface area contributed by atoms with Gasteiger partial charge in [-0.05, 0) is 38.0 Å². The number of esters is 1. The van der Waals surface area contributed by atoms with E-state index in [4.69, 9.17) is 13.9 Å².